The van der Waals surface area contributed by atoms with E-state index in [-0.39, 0.29) is 25.3 Å². The van der Waals surface area contributed by atoms with E-state index in [1.165, 1.54) is 4.31 Å². The van der Waals surface area contributed by atoms with E-state index >= 15 is 0 Å². The lowest BCUT2D eigenvalue weighted by Gasteiger charge is -2.22. The number of sulfonamides is 1. The molecule has 0 aromatic heterocycles. The molecule has 0 radical (unpaired) electrons. The Hall–Kier alpha value is -1.70. The summed E-state index contributed by atoms with van der Waals surface area (Å²) in [6.07, 6.45) is -0.234. The SMILES string of the molecule is O=C(O)CCN(Cc1cccc(Br)c1)S(=O)(=O)Cc1ccccc1. The maximum Gasteiger partial charge on any atom is 0.304 e. The fourth-order valence-corrected chi connectivity index (χ4v) is 4.21. The van der Waals surface area contributed by atoms with Gasteiger partial charge in [-0.15, -0.1) is 0 Å². The quantitative estimate of drug-likeness (QED) is 0.723. The smallest absolute Gasteiger partial charge is 0.304 e. The number of hydrogen-bond donors (Lipinski definition) is 1. The molecule has 0 saturated carbocycles. The second-order valence-electron chi connectivity index (χ2n) is 5.35. The van der Waals surface area contributed by atoms with Gasteiger partial charge in [0.25, 0.3) is 0 Å². The molecule has 0 saturated heterocycles. The second-order valence-corrected chi connectivity index (χ2v) is 8.23. The van der Waals surface area contributed by atoms with Gasteiger partial charge in [-0.05, 0) is 23.3 Å². The molecule has 0 amide bonds. The average molecular weight is 412 g/mol. The van der Waals surface area contributed by atoms with Gasteiger partial charge in [-0.1, -0.05) is 58.4 Å². The summed E-state index contributed by atoms with van der Waals surface area (Å²) >= 11 is 3.36. The van der Waals surface area contributed by atoms with Gasteiger partial charge in [0.2, 0.25) is 10.0 Å². The molecule has 0 heterocycles. The van der Waals surface area contributed by atoms with Crippen molar-refractivity contribution in [2.24, 2.45) is 0 Å². The van der Waals surface area contributed by atoms with E-state index in [9.17, 15) is 13.2 Å². The van der Waals surface area contributed by atoms with Crippen molar-refractivity contribution in [3.05, 3.63) is 70.2 Å². The Morgan fingerprint density at radius 1 is 1.04 bits per heavy atom. The Bertz CT molecular complexity index is 793. The lowest BCUT2D eigenvalue weighted by atomic mass is 10.2. The Morgan fingerprint density at radius 2 is 1.71 bits per heavy atom. The first kappa shape index (κ1) is 18.6. The number of rotatable bonds is 8. The topological polar surface area (TPSA) is 74.7 Å². The van der Waals surface area contributed by atoms with Crippen molar-refractivity contribution in [3.8, 4) is 0 Å². The monoisotopic (exact) mass is 411 g/mol. The second kappa shape index (κ2) is 8.41. The maximum atomic E-state index is 12.7. The van der Waals surface area contributed by atoms with Gasteiger partial charge in [0.1, 0.15) is 0 Å². The summed E-state index contributed by atoms with van der Waals surface area (Å²) in [5.41, 5.74) is 1.47. The van der Waals surface area contributed by atoms with Gasteiger partial charge < -0.3 is 5.11 Å². The molecule has 24 heavy (non-hydrogen) atoms. The van der Waals surface area contributed by atoms with E-state index in [2.05, 4.69) is 15.9 Å². The highest BCUT2D eigenvalue weighted by atomic mass is 79.9. The van der Waals surface area contributed by atoms with Gasteiger partial charge in [0.15, 0.2) is 0 Å². The molecule has 0 aliphatic rings. The first-order valence-corrected chi connectivity index (χ1v) is 9.75. The highest BCUT2D eigenvalue weighted by molar-refractivity contribution is 9.10. The van der Waals surface area contributed by atoms with E-state index in [0.29, 0.717) is 5.56 Å². The zero-order chi connectivity index (χ0) is 17.6. The summed E-state index contributed by atoms with van der Waals surface area (Å²) < 4.78 is 27.5. The summed E-state index contributed by atoms with van der Waals surface area (Å²) in [6, 6.07) is 16.2. The lowest BCUT2D eigenvalue weighted by Crippen LogP contribution is -2.33. The summed E-state index contributed by atoms with van der Waals surface area (Å²) in [7, 11) is -3.63. The first-order chi connectivity index (χ1) is 11.4. The van der Waals surface area contributed by atoms with Crippen LogP contribution in [0.5, 0.6) is 0 Å². The molecule has 7 heteroatoms. The van der Waals surface area contributed by atoms with Crippen molar-refractivity contribution in [2.75, 3.05) is 6.54 Å². The average Bonchev–Trinajstić information content (AvgIpc) is 2.51. The van der Waals surface area contributed by atoms with Gasteiger partial charge in [-0.25, -0.2) is 8.42 Å². The number of aliphatic carboxylic acids is 1. The van der Waals surface area contributed by atoms with Crippen molar-refractivity contribution >= 4 is 31.9 Å². The Balaban J connectivity index is 2.22. The van der Waals surface area contributed by atoms with Gasteiger partial charge in [0.05, 0.1) is 12.2 Å². The van der Waals surface area contributed by atoms with Gasteiger partial charge in [-0.3, -0.25) is 4.79 Å². The van der Waals surface area contributed by atoms with Crippen molar-refractivity contribution in [1.82, 2.24) is 4.31 Å². The zero-order valence-electron chi connectivity index (χ0n) is 12.9. The van der Waals surface area contributed by atoms with Crippen molar-refractivity contribution < 1.29 is 18.3 Å². The molecule has 128 valence electrons. The molecule has 0 unspecified atom stereocenters. The highest BCUT2D eigenvalue weighted by Gasteiger charge is 2.23. The van der Waals surface area contributed by atoms with E-state index in [1.54, 1.807) is 24.3 Å². The minimum absolute atomic E-state index is 0.0585. The molecule has 0 aliphatic carbocycles. The van der Waals surface area contributed by atoms with Crippen LogP contribution in [0.15, 0.2) is 59.1 Å². The van der Waals surface area contributed by atoms with Crippen LogP contribution in [0.4, 0.5) is 0 Å². The third-order valence-electron chi connectivity index (χ3n) is 3.41. The fourth-order valence-electron chi connectivity index (χ4n) is 2.25. The number of carboxylic acid groups (broad SMARTS) is 1. The van der Waals surface area contributed by atoms with Crippen molar-refractivity contribution in [1.29, 1.82) is 0 Å². The largest absolute Gasteiger partial charge is 0.481 e. The van der Waals surface area contributed by atoms with Gasteiger partial charge in [-0.2, -0.15) is 4.31 Å². The molecule has 2 aromatic carbocycles. The first-order valence-electron chi connectivity index (χ1n) is 7.35. The lowest BCUT2D eigenvalue weighted by molar-refractivity contribution is -0.137. The Labute approximate surface area is 150 Å². The molecule has 5 nitrogen and oxygen atoms in total. The summed E-state index contributed by atoms with van der Waals surface area (Å²) in [5.74, 6) is -1.18. The molecule has 2 aromatic rings. The highest BCUT2D eigenvalue weighted by Crippen LogP contribution is 2.18. The standard InChI is InChI=1S/C17H18BrNO4S/c18-16-8-4-7-15(11-16)12-19(10-9-17(20)21)24(22,23)13-14-5-2-1-3-6-14/h1-8,11H,9-10,12-13H2,(H,20,21). The zero-order valence-corrected chi connectivity index (χ0v) is 15.3. The maximum absolute atomic E-state index is 12.7. The molecule has 0 spiro atoms. The van der Waals surface area contributed by atoms with E-state index in [1.807, 2.05) is 30.3 Å². The van der Waals surface area contributed by atoms with Crippen LogP contribution in [0, 0.1) is 0 Å². The third kappa shape index (κ3) is 5.74. The number of carboxylic acids is 1. The summed E-state index contributed by atoms with van der Waals surface area (Å²) in [6.45, 7) is 0.0822. The Kier molecular flexibility index (Phi) is 6.53. The molecule has 0 aliphatic heterocycles. The van der Waals surface area contributed by atoms with Crippen molar-refractivity contribution in [3.63, 3.8) is 0 Å². The molecule has 1 N–H and O–H groups in total. The molecule has 2 rings (SSSR count). The molecule has 0 fully saturated rings. The molecular formula is C17H18BrNO4S. The van der Waals surface area contributed by atoms with E-state index in [4.69, 9.17) is 5.11 Å². The number of halogens is 1. The van der Waals surface area contributed by atoms with Gasteiger partial charge in [0, 0.05) is 17.6 Å². The predicted molar refractivity (Wildman–Crippen MR) is 95.9 cm³/mol. The molecule has 0 bridgehead atoms. The minimum atomic E-state index is -3.63. The molecular weight excluding hydrogens is 394 g/mol. The van der Waals surface area contributed by atoms with E-state index in [0.717, 1.165) is 10.0 Å². The summed E-state index contributed by atoms with van der Waals surface area (Å²) in [4.78, 5) is 10.9. The van der Waals surface area contributed by atoms with Crippen LogP contribution in [0.1, 0.15) is 17.5 Å². The fraction of sp³-hybridized carbons (Fsp3) is 0.235. The van der Waals surface area contributed by atoms with Crippen LogP contribution in [-0.4, -0.2) is 30.3 Å². The van der Waals surface area contributed by atoms with Crippen LogP contribution >= 0.6 is 15.9 Å². The molecule has 0 atom stereocenters. The van der Waals surface area contributed by atoms with Crippen LogP contribution in [0.3, 0.4) is 0 Å². The van der Waals surface area contributed by atoms with Crippen LogP contribution in [0.2, 0.25) is 0 Å². The van der Waals surface area contributed by atoms with E-state index < -0.39 is 16.0 Å². The normalized spacial score (nSPS) is 11.6. The van der Waals surface area contributed by atoms with Crippen molar-refractivity contribution in [2.45, 2.75) is 18.7 Å². The third-order valence-corrected chi connectivity index (χ3v) is 5.70. The number of benzene rings is 2. The predicted octanol–water partition coefficient (Wildman–Crippen LogP) is 3.26. The Morgan fingerprint density at radius 3 is 2.33 bits per heavy atom. The van der Waals surface area contributed by atoms with Crippen LogP contribution < -0.4 is 0 Å². The number of nitrogens with zero attached hydrogens (tertiary/aromatic N) is 1. The van der Waals surface area contributed by atoms with Crippen LogP contribution in [-0.2, 0) is 27.1 Å². The van der Waals surface area contributed by atoms with Gasteiger partial charge >= 0.3 is 5.97 Å². The van der Waals surface area contributed by atoms with Crippen LogP contribution in [0.25, 0.3) is 0 Å². The summed E-state index contributed by atoms with van der Waals surface area (Å²) in [5, 5.41) is 8.90. The number of carbonyl (C=O) groups is 1. The minimum Gasteiger partial charge on any atom is -0.481 e. The number of hydrogen-bond acceptors (Lipinski definition) is 3.